The molecule has 0 spiro atoms. The molecule has 4 rings (SSSR count). The number of aryl methyl sites for hydroxylation is 1. The number of halogens is 6. The Bertz CT molecular complexity index is 1440. The summed E-state index contributed by atoms with van der Waals surface area (Å²) in [6, 6.07) is 9.58. The van der Waals surface area contributed by atoms with E-state index in [-0.39, 0.29) is 26.4 Å². The number of thiocarbonyl (C=S) groups is 1. The van der Waals surface area contributed by atoms with Crippen LogP contribution in [-0.2, 0) is 15.8 Å². The summed E-state index contributed by atoms with van der Waals surface area (Å²) in [5.74, 6) is -1.34. The Labute approximate surface area is 224 Å². The van der Waals surface area contributed by atoms with E-state index in [0.29, 0.717) is 27.7 Å². The number of amides is 2. The second-order valence-corrected chi connectivity index (χ2v) is 9.52. The van der Waals surface area contributed by atoms with Crippen LogP contribution in [0.15, 0.2) is 48.0 Å². The van der Waals surface area contributed by atoms with E-state index in [1.165, 1.54) is 11.0 Å². The minimum atomic E-state index is -4.62. The first-order valence-corrected chi connectivity index (χ1v) is 11.8. The molecule has 2 amide bonds. The third kappa shape index (κ3) is 4.76. The highest BCUT2D eigenvalue weighted by Crippen LogP contribution is 2.39. The third-order valence-electron chi connectivity index (χ3n) is 5.52. The molecule has 0 saturated carbocycles. The van der Waals surface area contributed by atoms with Gasteiger partial charge in [-0.05, 0) is 80.2 Å². The van der Waals surface area contributed by atoms with E-state index in [0.717, 1.165) is 12.1 Å². The summed E-state index contributed by atoms with van der Waals surface area (Å²) < 4.78 is 41.0. The average Bonchev–Trinajstić information content (AvgIpc) is 3.04. The highest BCUT2D eigenvalue weighted by molar-refractivity contribution is 7.80. The second-order valence-electron chi connectivity index (χ2n) is 7.88. The van der Waals surface area contributed by atoms with Crippen molar-refractivity contribution < 1.29 is 22.8 Å². The van der Waals surface area contributed by atoms with Crippen molar-refractivity contribution in [3.05, 3.63) is 85.6 Å². The summed E-state index contributed by atoms with van der Waals surface area (Å²) in [7, 11) is 0. The van der Waals surface area contributed by atoms with Crippen LogP contribution in [0.3, 0.4) is 0 Å². The van der Waals surface area contributed by atoms with E-state index < -0.39 is 23.6 Å². The van der Waals surface area contributed by atoms with Crippen LogP contribution in [0.5, 0.6) is 0 Å². The zero-order valence-electron chi connectivity index (χ0n) is 18.5. The monoisotopic (exact) mass is 571 g/mol. The lowest BCUT2D eigenvalue weighted by atomic mass is 10.1. The van der Waals surface area contributed by atoms with Crippen molar-refractivity contribution in [2.75, 3.05) is 4.90 Å². The predicted octanol–water partition coefficient (Wildman–Crippen LogP) is 6.90. The van der Waals surface area contributed by atoms with Crippen LogP contribution in [0.4, 0.5) is 18.9 Å². The summed E-state index contributed by atoms with van der Waals surface area (Å²) in [5, 5.41) is 2.46. The van der Waals surface area contributed by atoms with Gasteiger partial charge in [0.1, 0.15) is 5.57 Å². The molecule has 0 unspecified atom stereocenters. The van der Waals surface area contributed by atoms with E-state index in [1.54, 1.807) is 48.7 Å². The number of anilines is 1. The number of benzene rings is 2. The van der Waals surface area contributed by atoms with Crippen molar-refractivity contribution in [2.45, 2.75) is 20.0 Å². The predicted molar refractivity (Wildman–Crippen MR) is 138 cm³/mol. The lowest BCUT2D eigenvalue weighted by molar-refractivity contribution is -0.137. The molecule has 1 aliphatic rings. The van der Waals surface area contributed by atoms with E-state index >= 15 is 0 Å². The minimum Gasteiger partial charge on any atom is -0.315 e. The van der Waals surface area contributed by atoms with Gasteiger partial charge in [-0.15, -0.1) is 0 Å². The fraction of sp³-hybridized carbons (Fsp3) is 0.125. The SMILES string of the molecule is Cc1cc(/C=C2\C(=O)NC(=S)N(c3ccc(Cl)cc3)C2=O)c(C)n1-c1c(Cl)cc(C(F)(F)F)cc1Cl. The highest BCUT2D eigenvalue weighted by Gasteiger charge is 2.35. The molecule has 1 fully saturated rings. The molecule has 2 heterocycles. The molecular weight excluding hydrogens is 558 g/mol. The van der Waals surface area contributed by atoms with Crippen LogP contribution in [0.1, 0.15) is 22.5 Å². The van der Waals surface area contributed by atoms with Crippen LogP contribution < -0.4 is 10.2 Å². The maximum absolute atomic E-state index is 13.3. The molecule has 0 aliphatic carbocycles. The zero-order chi connectivity index (χ0) is 26.5. The summed E-state index contributed by atoms with van der Waals surface area (Å²) in [6.45, 7) is 3.35. The molecule has 1 N–H and O–H groups in total. The maximum atomic E-state index is 13.3. The molecule has 1 aliphatic heterocycles. The zero-order valence-corrected chi connectivity index (χ0v) is 21.6. The number of aromatic nitrogens is 1. The number of hydrogen-bond donors (Lipinski definition) is 1. The summed E-state index contributed by atoms with van der Waals surface area (Å²) in [6.07, 6.45) is -3.24. The molecule has 2 aromatic carbocycles. The lowest BCUT2D eigenvalue weighted by Gasteiger charge is -2.28. The second kappa shape index (κ2) is 9.55. The van der Waals surface area contributed by atoms with E-state index in [1.807, 2.05) is 0 Å². The smallest absolute Gasteiger partial charge is 0.315 e. The lowest BCUT2D eigenvalue weighted by Crippen LogP contribution is -2.54. The van der Waals surface area contributed by atoms with Crippen molar-refractivity contribution in [3.8, 4) is 5.69 Å². The van der Waals surface area contributed by atoms with E-state index in [9.17, 15) is 22.8 Å². The van der Waals surface area contributed by atoms with Crippen LogP contribution in [0, 0.1) is 13.8 Å². The maximum Gasteiger partial charge on any atom is 0.416 e. The Morgan fingerprint density at radius 2 is 1.56 bits per heavy atom. The number of rotatable bonds is 3. The molecule has 1 aromatic heterocycles. The van der Waals surface area contributed by atoms with Gasteiger partial charge in [0.2, 0.25) is 0 Å². The van der Waals surface area contributed by atoms with Crippen molar-refractivity contribution in [1.82, 2.24) is 9.88 Å². The summed E-state index contributed by atoms with van der Waals surface area (Å²) in [4.78, 5) is 27.1. The van der Waals surface area contributed by atoms with Gasteiger partial charge in [0, 0.05) is 16.4 Å². The molecule has 186 valence electrons. The molecule has 1 saturated heterocycles. The molecule has 3 aromatic rings. The van der Waals surface area contributed by atoms with Crippen molar-refractivity contribution in [3.63, 3.8) is 0 Å². The minimum absolute atomic E-state index is 0.0849. The fourth-order valence-electron chi connectivity index (χ4n) is 3.86. The van der Waals surface area contributed by atoms with Gasteiger partial charge in [-0.25, -0.2) is 0 Å². The van der Waals surface area contributed by atoms with E-state index in [4.69, 9.17) is 47.0 Å². The quantitative estimate of drug-likeness (QED) is 0.211. The first-order valence-electron chi connectivity index (χ1n) is 10.2. The Balaban J connectivity index is 1.79. The van der Waals surface area contributed by atoms with Crippen molar-refractivity contribution in [1.29, 1.82) is 0 Å². The number of carbonyl (C=O) groups is 2. The Kier molecular flexibility index (Phi) is 6.96. The van der Waals surface area contributed by atoms with Crippen LogP contribution >= 0.6 is 47.0 Å². The molecule has 0 atom stereocenters. The molecule has 5 nitrogen and oxygen atoms in total. The molecule has 12 heteroatoms. The average molecular weight is 573 g/mol. The first kappa shape index (κ1) is 26.2. The number of hydrogen-bond acceptors (Lipinski definition) is 3. The highest BCUT2D eigenvalue weighted by atomic mass is 35.5. The van der Waals surface area contributed by atoms with E-state index in [2.05, 4.69) is 5.32 Å². The van der Waals surface area contributed by atoms with Gasteiger partial charge in [-0.1, -0.05) is 34.8 Å². The number of alkyl halides is 3. The summed E-state index contributed by atoms with van der Waals surface area (Å²) >= 11 is 23.5. The van der Waals surface area contributed by atoms with Gasteiger partial charge in [-0.3, -0.25) is 19.8 Å². The van der Waals surface area contributed by atoms with Crippen LogP contribution in [0.2, 0.25) is 15.1 Å². The molecule has 36 heavy (non-hydrogen) atoms. The molecule has 0 radical (unpaired) electrons. The summed E-state index contributed by atoms with van der Waals surface area (Å²) in [5.41, 5.74) is 0.912. The third-order valence-corrected chi connectivity index (χ3v) is 6.64. The first-order chi connectivity index (χ1) is 16.8. The number of nitrogens with one attached hydrogen (secondary N) is 1. The largest absolute Gasteiger partial charge is 0.416 e. The Hall–Kier alpha value is -2.85. The van der Waals surface area contributed by atoms with Crippen molar-refractivity contribution >= 4 is 75.7 Å². The van der Waals surface area contributed by atoms with Gasteiger partial charge in [0.05, 0.1) is 27.0 Å². The van der Waals surface area contributed by atoms with Crippen molar-refractivity contribution in [2.24, 2.45) is 0 Å². The van der Waals surface area contributed by atoms with Crippen LogP contribution in [-0.4, -0.2) is 21.5 Å². The molecule has 0 bridgehead atoms. The fourth-order valence-corrected chi connectivity index (χ4v) is 4.92. The Morgan fingerprint density at radius 1 is 0.972 bits per heavy atom. The Morgan fingerprint density at radius 3 is 2.11 bits per heavy atom. The number of carbonyl (C=O) groups excluding carboxylic acids is 2. The van der Waals surface area contributed by atoms with Gasteiger partial charge in [-0.2, -0.15) is 13.2 Å². The van der Waals surface area contributed by atoms with Crippen LogP contribution in [0.25, 0.3) is 11.8 Å². The van der Waals surface area contributed by atoms with Gasteiger partial charge in [0.15, 0.2) is 5.11 Å². The van der Waals surface area contributed by atoms with Gasteiger partial charge < -0.3 is 4.57 Å². The topological polar surface area (TPSA) is 54.3 Å². The standard InChI is InChI=1S/C24H15Cl3F3N3O2S/c1-11-7-13(12(2)32(11)20-18(26)9-14(10-19(20)27)24(28,29)30)8-17-21(34)31-23(36)33(22(17)35)16-5-3-15(25)4-6-16/h3-10H,1-2H3,(H,31,34,36)/b17-8+. The van der Waals surface area contributed by atoms with Gasteiger partial charge >= 0.3 is 6.18 Å². The molecular formula is C24H15Cl3F3N3O2S. The number of nitrogens with zero attached hydrogens (tertiary/aromatic N) is 2. The normalized spacial score (nSPS) is 15.6. The van der Waals surface area contributed by atoms with Gasteiger partial charge in [0.25, 0.3) is 11.8 Å².